The van der Waals surface area contributed by atoms with Crippen molar-refractivity contribution in [3.8, 4) is 0 Å². The van der Waals surface area contributed by atoms with E-state index in [-0.39, 0.29) is 11.2 Å². The van der Waals surface area contributed by atoms with Gasteiger partial charge in [-0.15, -0.1) is 0 Å². The van der Waals surface area contributed by atoms with Crippen molar-refractivity contribution in [2.24, 2.45) is 7.05 Å². The first kappa shape index (κ1) is 16.3. The van der Waals surface area contributed by atoms with E-state index in [1.54, 1.807) is 0 Å². The molecule has 1 N–H and O–H groups in total. The summed E-state index contributed by atoms with van der Waals surface area (Å²) in [6.07, 6.45) is 0. The van der Waals surface area contributed by atoms with Crippen LogP contribution >= 0.6 is 0 Å². The van der Waals surface area contributed by atoms with Gasteiger partial charge in [-0.05, 0) is 43.0 Å². The minimum Gasteiger partial charge on any atom is -0.378 e. The summed E-state index contributed by atoms with van der Waals surface area (Å²) < 4.78 is 2.05. The lowest BCUT2D eigenvalue weighted by molar-refractivity contribution is 0.101. The van der Waals surface area contributed by atoms with Gasteiger partial charge < -0.3 is 9.88 Å². The average molecular weight is 298 g/mol. The van der Waals surface area contributed by atoms with Gasteiger partial charge in [0, 0.05) is 29.7 Å². The van der Waals surface area contributed by atoms with Gasteiger partial charge in [0.25, 0.3) is 0 Å². The standard InChI is InChI=1S/C19H26N2O/c1-13-11-17(14(2)21(13)6)18(22)12-20-16-9-7-15(8-10-16)19(3,4)5/h7-11,20H,12H2,1-6H3. The number of benzene rings is 1. The molecule has 3 heteroatoms. The molecular weight excluding hydrogens is 272 g/mol. The number of hydrogen-bond acceptors (Lipinski definition) is 2. The van der Waals surface area contributed by atoms with E-state index in [9.17, 15) is 4.79 Å². The highest BCUT2D eigenvalue weighted by Gasteiger charge is 2.15. The van der Waals surface area contributed by atoms with Crippen molar-refractivity contribution in [1.82, 2.24) is 4.57 Å². The molecule has 2 aromatic rings. The number of anilines is 1. The number of aryl methyl sites for hydroxylation is 1. The third-order valence-corrected chi connectivity index (χ3v) is 4.28. The van der Waals surface area contributed by atoms with Crippen molar-refractivity contribution in [1.29, 1.82) is 0 Å². The van der Waals surface area contributed by atoms with E-state index in [2.05, 4.69) is 38.2 Å². The summed E-state index contributed by atoms with van der Waals surface area (Å²) in [6, 6.07) is 10.3. The van der Waals surface area contributed by atoms with E-state index in [0.717, 1.165) is 22.6 Å². The number of carbonyl (C=O) groups excluding carboxylic acids is 1. The first-order valence-corrected chi connectivity index (χ1v) is 7.70. The first-order valence-electron chi connectivity index (χ1n) is 7.70. The Bertz CT molecular complexity index is 673. The van der Waals surface area contributed by atoms with Gasteiger partial charge in [-0.1, -0.05) is 32.9 Å². The number of hydrogen-bond donors (Lipinski definition) is 1. The number of Topliss-reactive ketones (excluding diaryl/α,β-unsaturated/α-hetero) is 1. The van der Waals surface area contributed by atoms with Crippen LogP contribution in [0.3, 0.4) is 0 Å². The van der Waals surface area contributed by atoms with Gasteiger partial charge in [-0.2, -0.15) is 0 Å². The number of rotatable bonds is 4. The largest absolute Gasteiger partial charge is 0.378 e. The fourth-order valence-electron chi connectivity index (χ4n) is 2.50. The SMILES string of the molecule is Cc1cc(C(=O)CNc2ccc(C(C)(C)C)cc2)c(C)n1C. The van der Waals surface area contributed by atoms with Crippen molar-refractivity contribution < 1.29 is 4.79 Å². The molecular formula is C19H26N2O. The van der Waals surface area contributed by atoms with Crippen molar-refractivity contribution in [3.05, 3.63) is 52.8 Å². The first-order chi connectivity index (χ1) is 10.2. The van der Waals surface area contributed by atoms with Crippen LogP contribution in [0.15, 0.2) is 30.3 Å². The van der Waals surface area contributed by atoms with Crippen LogP contribution in [0.2, 0.25) is 0 Å². The van der Waals surface area contributed by atoms with Crippen molar-refractivity contribution in [2.45, 2.75) is 40.0 Å². The van der Waals surface area contributed by atoms with Crippen LogP contribution in [0.1, 0.15) is 48.1 Å². The van der Waals surface area contributed by atoms with Gasteiger partial charge in [0.15, 0.2) is 5.78 Å². The average Bonchev–Trinajstić information content (AvgIpc) is 2.72. The van der Waals surface area contributed by atoms with Crippen molar-refractivity contribution in [3.63, 3.8) is 0 Å². The number of nitrogens with one attached hydrogen (secondary N) is 1. The Morgan fingerprint density at radius 2 is 1.73 bits per heavy atom. The van der Waals surface area contributed by atoms with Gasteiger partial charge in [-0.25, -0.2) is 0 Å². The third-order valence-electron chi connectivity index (χ3n) is 4.28. The zero-order valence-electron chi connectivity index (χ0n) is 14.4. The molecule has 0 bridgehead atoms. The maximum absolute atomic E-state index is 12.4. The molecule has 0 aliphatic rings. The summed E-state index contributed by atoms with van der Waals surface area (Å²) in [6.45, 7) is 10.9. The quantitative estimate of drug-likeness (QED) is 0.857. The molecule has 22 heavy (non-hydrogen) atoms. The summed E-state index contributed by atoms with van der Waals surface area (Å²) in [7, 11) is 1.99. The number of aromatic nitrogens is 1. The molecule has 1 aromatic carbocycles. The minimum atomic E-state index is 0.126. The van der Waals surface area contributed by atoms with Crippen molar-refractivity contribution in [2.75, 3.05) is 11.9 Å². The molecule has 0 unspecified atom stereocenters. The molecule has 1 aromatic heterocycles. The Morgan fingerprint density at radius 3 is 2.18 bits per heavy atom. The van der Waals surface area contributed by atoms with E-state index >= 15 is 0 Å². The van der Waals surface area contributed by atoms with Gasteiger partial charge in [0.1, 0.15) is 0 Å². The molecule has 0 spiro atoms. The molecule has 0 radical (unpaired) electrons. The lowest BCUT2D eigenvalue weighted by atomic mass is 9.87. The topological polar surface area (TPSA) is 34.0 Å². The van der Waals surface area contributed by atoms with Crippen LogP contribution in [0.25, 0.3) is 0 Å². The molecule has 0 aliphatic carbocycles. The van der Waals surface area contributed by atoms with E-state index in [0.29, 0.717) is 6.54 Å². The van der Waals surface area contributed by atoms with Crippen LogP contribution in [0.4, 0.5) is 5.69 Å². The van der Waals surface area contributed by atoms with E-state index < -0.39 is 0 Å². The Morgan fingerprint density at radius 1 is 1.14 bits per heavy atom. The van der Waals surface area contributed by atoms with Crippen LogP contribution in [0, 0.1) is 13.8 Å². The molecule has 3 nitrogen and oxygen atoms in total. The molecule has 0 saturated heterocycles. The summed E-state index contributed by atoms with van der Waals surface area (Å²) in [4.78, 5) is 12.4. The fraction of sp³-hybridized carbons (Fsp3) is 0.421. The molecule has 118 valence electrons. The van der Waals surface area contributed by atoms with Crippen molar-refractivity contribution >= 4 is 11.5 Å². The summed E-state index contributed by atoms with van der Waals surface area (Å²) in [5.74, 6) is 0.126. The zero-order chi connectivity index (χ0) is 16.5. The Hall–Kier alpha value is -2.03. The monoisotopic (exact) mass is 298 g/mol. The molecule has 0 atom stereocenters. The van der Waals surface area contributed by atoms with Crippen LogP contribution in [-0.2, 0) is 12.5 Å². The van der Waals surface area contributed by atoms with E-state index in [4.69, 9.17) is 0 Å². The molecule has 0 aliphatic heterocycles. The minimum absolute atomic E-state index is 0.126. The molecule has 0 fully saturated rings. The second-order valence-corrected chi connectivity index (χ2v) is 6.95. The summed E-state index contributed by atoms with van der Waals surface area (Å²) in [5.41, 5.74) is 5.35. The highest BCUT2D eigenvalue weighted by atomic mass is 16.1. The summed E-state index contributed by atoms with van der Waals surface area (Å²) >= 11 is 0. The van der Waals surface area contributed by atoms with Gasteiger partial charge in [0.05, 0.1) is 6.54 Å². The number of carbonyl (C=O) groups is 1. The predicted molar refractivity (Wildman–Crippen MR) is 92.8 cm³/mol. The van der Waals surface area contributed by atoms with E-state index in [1.165, 1.54) is 5.56 Å². The Balaban J connectivity index is 2.03. The molecule has 0 saturated carbocycles. The molecule has 1 heterocycles. The lowest BCUT2D eigenvalue weighted by Crippen LogP contribution is -2.15. The maximum Gasteiger partial charge on any atom is 0.183 e. The highest BCUT2D eigenvalue weighted by Crippen LogP contribution is 2.23. The lowest BCUT2D eigenvalue weighted by Gasteiger charge is -2.19. The second kappa shape index (κ2) is 5.99. The highest BCUT2D eigenvalue weighted by molar-refractivity contribution is 6.00. The zero-order valence-corrected chi connectivity index (χ0v) is 14.4. The number of ketones is 1. The fourth-order valence-corrected chi connectivity index (χ4v) is 2.50. The Kier molecular flexibility index (Phi) is 4.45. The normalized spacial score (nSPS) is 11.5. The van der Waals surface area contributed by atoms with E-state index in [1.807, 2.05) is 43.7 Å². The predicted octanol–water partition coefficient (Wildman–Crippen LogP) is 4.23. The van der Waals surface area contributed by atoms with Gasteiger partial charge in [-0.3, -0.25) is 4.79 Å². The van der Waals surface area contributed by atoms with Crippen LogP contribution in [-0.4, -0.2) is 16.9 Å². The number of nitrogens with zero attached hydrogens (tertiary/aromatic N) is 1. The smallest absolute Gasteiger partial charge is 0.183 e. The molecule has 2 rings (SSSR count). The van der Waals surface area contributed by atoms with Crippen LogP contribution < -0.4 is 5.32 Å². The van der Waals surface area contributed by atoms with Gasteiger partial charge in [0.2, 0.25) is 0 Å². The van der Waals surface area contributed by atoms with Gasteiger partial charge >= 0.3 is 0 Å². The maximum atomic E-state index is 12.4. The molecule has 0 amide bonds. The third kappa shape index (κ3) is 3.41. The Labute approximate surface area is 133 Å². The second-order valence-electron chi connectivity index (χ2n) is 6.95. The summed E-state index contributed by atoms with van der Waals surface area (Å²) in [5, 5.41) is 3.22. The van der Waals surface area contributed by atoms with Crippen LogP contribution in [0.5, 0.6) is 0 Å².